The van der Waals surface area contributed by atoms with E-state index in [1.807, 2.05) is 0 Å². The number of morpholine rings is 2. The summed E-state index contributed by atoms with van der Waals surface area (Å²) < 4.78 is 24.6. The summed E-state index contributed by atoms with van der Waals surface area (Å²) in [5.74, 6) is 0. The van der Waals surface area contributed by atoms with Crippen LogP contribution >= 0.6 is 7.36 Å². The lowest BCUT2D eigenvalue weighted by molar-refractivity contribution is 0.0579. The largest absolute Gasteiger partial charge is 0.379 e. The third-order valence-corrected chi connectivity index (χ3v) is 9.86. The predicted molar refractivity (Wildman–Crippen MR) is 123 cm³/mol. The third-order valence-electron chi connectivity index (χ3n) is 5.97. The number of rotatable bonds is 4. The summed E-state index contributed by atoms with van der Waals surface area (Å²) in [5.41, 5.74) is 2.29. The van der Waals surface area contributed by atoms with Gasteiger partial charge in [0.25, 0.3) is 0 Å². The monoisotopic (exact) mass is 424 g/mol. The van der Waals surface area contributed by atoms with Crippen molar-refractivity contribution in [2.45, 2.75) is 0 Å². The smallest absolute Gasteiger partial charge is 0.135 e. The van der Waals surface area contributed by atoms with Crippen LogP contribution in [0.1, 0.15) is 0 Å². The number of hydrogen-bond acceptors (Lipinski definition) is 3. The van der Waals surface area contributed by atoms with E-state index in [-0.39, 0.29) is 0 Å². The van der Waals surface area contributed by atoms with Gasteiger partial charge in [0.05, 0.1) is 32.1 Å². The standard InChI is InChI=1S/C23H29N4O2P/c1-25-19-23(21-9-5-6-10-22(21)25)30(26-11-15-28-16-12-26,27-13-17-29-18-14-27)24-20-7-3-2-4-8-20/h2-10,19H,11-18H2,1H3. The fraction of sp³-hybridized carbons (Fsp3) is 0.391. The van der Waals surface area contributed by atoms with Crippen LogP contribution in [0, 0.1) is 0 Å². The molecule has 2 fully saturated rings. The molecule has 2 aliphatic heterocycles. The molecule has 2 saturated heterocycles. The van der Waals surface area contributed by atoms with E-state index in [1.54, 1.807) is 0 Å². The van der Waals surface area contributed by atoms with E-state index in [1.165, 1.54) is 16.2 Å². The van der Waals surface area contributed by atoms with Crippen molar-refractivity contribution in [1.82, 2.24) is 13.9 Å². The molecule has 0 unspecified atom stereocenters. The fourth-order valence-electron chi connectivity index (χ4n) is 4.54. The SMILES string of the molecule is Cn1cc(P(=Nc2ccccc2)(N2CCOCC2)N2CCOCC2)c2ccccc21. The average Bonchev–Trinajstić information content (AvgIpc) is 3.16. The molecule has 0 spiro atoms. The molecule has 0 amide bonds. The fourth-order valence-corrected chi connectivity index (χ4v) is 8.61. The Labute approximate surface area is 178 Å². The molecule has 7 heteroatoms. The molecule has 2 aromatic carbocycles. The highest BCUT2D eigenvalue weighted by Crippen LogP contribution is 2.59. The molecule has 0 bridgehead atoms. The van der Waals surface area contributed by atoms with E-state index < -0.39 is 7.36 Å². The van der Waals surface area contributed by atoms with Crippen LogP contribution < -0.4 is 5.30 Å². The second kappa shape index (κ2) is 8.66. The summed E-state index contributed by atoms with van der Waals surface area (Å²) in [6.07, 6.45) is 2.32. The van der Waals surface area contributed by atoms with Gasteiger partial charge in [-0.3, -0.25) is 0 Å². The maximum Gasteiger partial charge on any atom is 0.135 e. The Hall–Kier alpha value is -1.95. The van der Waals surface area contributed by atoms with Gasteiger partial charge in [0.2, 0.25) is 0 Å². The number of nitrogens with zero attached hydrogens (tertiary/aromatic N) is 4. The molecular weight excluding hydrogens is 395 g/mol. The van der Waals surface area contributed by atoms with Crippen LogP contribution in [0.4, 0.5) is 5.69 Å². The molecule has 0 aliphatic carbocycles. The van der Waals surface area contributed by atoms with Gasteiger partial charge in [-0.1, -0.05) is 36.4 Å². The topological polar surface area (TPSA) is 42.2 Å². The zero-order chi connectivity index (χ0) is 20.4. The first-order valence-electron chi connectivity index (χ1n) is 10.7. The maximum absolute atomic E-state index is 5.75. The zero-order valence-corrected chi connectivity index (χ0v) is 18.4. The van der Waals surface area contributed by atoms with Crippen LogP contribution in [-0.4, -0.2) is 66.5 Å². The summed E-state index contributed by atoms with van der Waals surface area (Å²) in [7, 11) is -0.0946. The summed E-state index contributed by atoms with van der Waals surface area (Å²) >= 11 is 0. The van der Waals surface area contributed by atoms with Crippen LogP contribution in [0.15, 0.2) is 65.5 Å². The quantitative estimate of drug-likeness (QED) is 0.597. The van der Waals surface area contributed by atoms with E-state index in [4.69, 9.17) is 14.2 Å². The van der Waals surface area contributed by atoms with Gasteiger partial charge in [0, 0.05) is 55.6 Å². The molecule has 0 saturated carbocycles. The molecule has 5 rings (SSSR count). The van der Waals surface area contributed by atoms with Gasteiger partial charge in [0.1, 0.15) is 7.36 Å². The lowest BCUT2D eigenvalue weighted by Crippen LogP contribution is -2.46. The second-order valence-electron chi connectivity index (χ2n) is 7.78. The highest BCUT2D eigenvalue weighted by molar-refractivity contribution is 7.70. The van der Waals surface area contributed by atoms with Gasteiger partial charge >= 0.3 is 0 Å². The van der Waals surface area contributed by atoms with E-state index in [0.29, 0.717) is 0 Å². The Balaban J connectivity index is 1.81. The molecule has 0 radical (unpaired) electrons. The second-order valence-corrected chi connectivity index (χ2v) is 10.7. The van der Waals surface area contributed by atoms with Crippen molar-refractivity contribution >= 4 is 29.3 Å². The summed E-state index contributed by atoms with van der Waals surface area (Å²) in [4.78, 5) is 0. The molecule has 30 heavy (non-hydrogen) atoms. The number of benzene rings is 2. The van der Waals surface area contributed by atoms with Gasteiger partial charge in [-0.2, -0.15) is 0 Å². The summed E-state index contributed by atoms with van der Waals surface area (Å²) in [5, 5.41) is 2.64. The van der Waals surface area contributed by atoms with E-state index >= 15 is 0 Å². The summed E-state index contributed by atoms with van der Waals surface area (Å²) in [6, 6.07) is 19.2. The third kappa shape index (κ3) is 3.53. The van der Waals surface area contributed by atoms with Crippen molar-refractivity contribution in [2.24, 2.45) is 11.8 Å². The molecule has 1 aromatic heterocycles. The number of para-hydroxylation sites is 1. The first-order valence-corrected chi connectivity index (χ1v) is 12.3. The van der Waals surface area contributed by atoms with Gasteiger partial charge in [-0.15, -0.1) is 0 Å². The predicted octanol–water partition coefficient (Wildman–Crippen LogP) is 3.83. The lowest BCUT2D eigenvalue weighted by Gasteiger charge is -2.46. The van der Waals surface area contributed by atoms with Gasteiger partial charge in [-0.05, 0) is 18.2 Å². The normalized spacial score (nSPS) is 19.2. The molecule has 0 atom stereocenters. The Kier molecular flexibility index (Phi) is 5.77. The van der Waals surface area contributed by atoms with Gasteiger partial charge in [0.15, 0.2) is 0 Å². The van der Waals surface area contributed by atoms with Crippen molar-refractivity contribution in [1.29, 1.82) is 0 Å². The molecule has 3 heterocycles. The number of fused-ring (bicyclic) bond motifs is 1. The minimum atomic E-state index is -2.24. The Bertz CT molecular complexity index is 1030. The molecule has 3 aromatic rings. The minimum absolute atomic E-state index is 0.751. The summed E-state index contributed by atoms with van der Waals surface area (Å²) in [6.45, 7) is 6.58. The molecular formula is C23H29N4O2P. The van der Waals surface area contributed by atoms with Crippen LogP contribution in [0.5, 0.6) is 0 Å². The van der Waals surface area contributed by atoms with Crippen LogP contribution in [0.3, 0.4) is 0 Å². The lowest BCUT2D eigenvalue weighted by atomic mass is 10.2. The highest BCUT2D eigenvalue weighted by atomic mass is 31.2. The Morgan fingerprint density at radius 3 is 1.97 bits per heavy atom. The van der Waals surface area contributed by atoms with Crippen molar-refractivity contribution in [3.05, 3.63) is 60.8 Å². The zero-order valence-electron chi connectivity index (χ0n) is 17.5. The van der Waals surface area contributed by atoms with Crippen LogP contribution in [0.2, 0.25) is 0 Å². The van der Waals surface area contributed by atoms with Crippen molar-refractivity contribution in [3.8, 4) is 0 Å². The first kappa shape index (κ1) is 20.0. The van der Waals surface area contributed by atoms with Gasteiger partial charge < -0.3 is 14.0 Å². The first-order chi connectivity index (χ1) is 14.8. The van der Waals surface area contributed by atoms with Crippen molar-refractivity contribution in [2.75, 3.05) is 52.6 Å². The minimum Gasteiger partial charge on any atom is -0.379 e. The van der Waals surface area contributed by atoms with E-state index in [0.717, 1.165) is 58.3 Å². The van der Waals surface area contributed by atoms with Crippen molar-refractivity contribution in [3.63, 3.8) is 0 Å². The van der Waals surface area contributed by atoms with Crippen LogP contribution in [-0.2, 0) is 16.5 Å². The maximum atomic E-state index is 5.75. The molecule has 2 aliphatic rings. The Morgan fingerprint density at radius 2 is 1.33 bits per heavy atom. The Morgan fingerprint density at radius 1 is 0.767 bits per heavy atom. The molecule has 158 valence electrons. The van der Waals surface area contributed by atoms with Gasteiger partial charge in [-0.25, -0.2) is 14.1 Å². The number of aromatic nitrogens is 1. The molecule has 6 nitrogen and oxygen atoms in total. The number of ether oxygens (including phenoxy) is 2. The number of hydrogen-bond donors (Lipinski definition) is 0. The average molecular weight is 424 g/mol. The van der Waals surface area contributed by atoms with Crippen LogP contribution in [0.25, 0.3) is 10.9 Å². The number of aryl methyl sites for hydroxylation is 1. The van der Waals surface area contributed by atoms with E-state index in [9.17, 15) is 0 Å². The molecule has 0 N–H and O–H groups in total. The van der Waals surface area contributed by atoms with Crippen molar-refractivity contribution < 1.29 is 9.47 Å². The highest BCUT2D eigenvalue weighted by Gasteiger charge is 2.40. The van der Waals surface area contributed by atoms with E-state index in [2.05, 4.69) is 81.7 Å².